The summed E-state index contributed by atoms with van der Waals surface area (Å²) in [7, 11) is 0. The van der Waals surface area contributed by atoms with Crippen molar-refractivity contribution >= 4 is 6.21 Å². The fourth-order valence-corrected chi connectivity index (χ4v) is 0.578. The molecular weight excluding hydrogens is 112 g/mol. The van der Waals surface area contributed by atoms with Crippen molar-refractivity contribution in [2.24, 2.45) is 5.10 Å². The van der Waals surface area contributed by atoms with Crippen LogP contribution in [0, 0.1) is 11.8 Å². The lowest BCUT2D eigenvalue weighted by Crippen LogP contribution is -1.86. The van der Waals surface area contributed by atoms with Crippen molar-refractivity contribution in [3.63, 3.8) is 0 Å². The largest absolute Gasteiger partial charge is 0.157 e. The van der Waals surface area contributed by atoms with E-state index in [2.05, 4.69) is 22.4 Å². The van der Waals surface area contributed by atoms with Crippen molar-refractivity contribution in [2.75, 3.05) is 0 Å². The Morgan fingerprint density at radius 2 is 2.33 bits per heavy atom. The first kappa shape index (κ1) is 5.90. The van der Waals surface area contributed by atoms with Crippen molar-refractivity contribution in [1.29, 1.82) is 0 Å². The molecule has 0 aliphatic carbocycles. The Hall–Kier alpha value is -1.23. The Morgan fingerprint density at radius 1 is 1.56 bits per heavy atom. The van der Waals surface area contributed by atoms with Crippen LogP contribution in [-0.4, -0.2) is 6.21 Å². The normalized spacial score (nSPS) is 14.9. The fourth-order valence-electron chi connectivity index (χ4n) is 0.578. The lowest BCUT2D eigenvalue weighted by molar-refractivity contribution is 0.895. The van der Waals surface area contributed by atoms with Gasteiger partial charge in [-0.05, 0) is 13.8 Å². The summed E-state index contributed by atoms with van der Waals surface area (Å²) in [5.41, 5.74) is 5.62. The highest BCUT2D eigenvalue weighted by atomic mass is 15.3. The Kier molecular flexibility index (Phi) is 1.55. The summed E-state index contributed by atoms with van der Waals surface area (Å²) >= 11 is 0. The van der Waals surface area contributed by atoms with E-state index in [0.29, 0.717) is 0 Å². The van der Waals surface area contributed by atoms with E-state index in [1.807, 2.05) is 6.92 Å². The number of rotatable bonds is 0. The Morgan fingerprint density at radius 3 is 2.78 bits per heavy atom. The average Bonchev–Trinajstić information content (AvgIpc) is 2.18. The predicted octanol–water partition coefficient (Wildman–Crippen LogP) is 0.887. The second kappa shape index (κ2) is 2.36. The van der Waals surface area contributed by atoms with Gasteiger partial charge in [0.15, 0.2) is 0 Å². The number of hydrogen-bond acceptors (Lipinski definition) is 1. The van der Waals surface area contributed by atoms with Gasteiger partial charge in [-0.15, -0.1) is 5.92 Å². The molecule has 0 amide bonds. The smallest absolute Gasteiger partial charge is 0.0772 e. The van der Waals surface area contributed by atoms with Crippen LogP contribution in [0.3, 0.4) is 0 Å². The van der Waals surface area contributed by atoms with Crippen LogP contribution in [0.4, 0.5) is 0 Å². The Balaban J connectivity index is 2.85. The van der Waals surface area contributed by atoms with Gasteiger partial charge in [0.05, 0.1) is 17.5 Å². The molecule has 1 heterocycles. The zero-order valence-electron chi connectivity index (χ0n) is 5.47. The maximum absolute atomic E-state index is 3.78. The van der Waals surface area contributed by atoms with E-state index < -0.39 is 0 Å². The van der Waals surface area contributed by atoms with Crippen LogP contribution in [0.2, 0.25) is 0 Å². The molecule has 2 heteroatoms. The SMILES string of the molecule is CC#CC1=C(C)[N]N=C1. The molecule has 1 radical (unpaired) electrons. The predicted molar refractivity (Wildman–Crippen MR) is 36.8 cm³/mol. The molecule has 0 atom stereocenters. The summed E-state index contributed by atoms with van der Waals surface area (Å²) < 4.78 is 0. The van der Waals surface area contributed by atoms with Gasteiger partial charge in [0.25, 0.3) is 0 Å². The third kappa shape index (κ3) is 1.11. The molecule has 0 spiro atoms. The summed E-state index contributed by atoms with van der Waals surface area (Å²) in [5.74, 6) is 5.66. The van der Waals surface area contributed by atoms with Crippen molar-refractivity contribution in [3.05, 3.63) is 11.3 Å². The van der Waals surface area contributed by atoms with Crippen LogP contribution in [0.15, 0.2) is 16.4 Å². The highest BCUT2D eigenvalue weighted by molar-refractivity contribution is 5.87. The van der Waals surface area contributed by atoms with Gasteiger partial charge in [-0.2, -0.15) is 10.5 Å². The monoisotopic (exact) mass is 119 g/mol. The molecule has 0 aromatic carbocycles. The molecule has 0 fully saturated rings. The highest BCUT2D eigenvalue weighted by Crippen LogP contribution is 2.03. The van der Waals surface area contributed by atoms with Crippen molar-refractivity contribution in [3.8, 4) is 11.8 Å². The van der Waals surface area contributed by atoms with E-state index in [1.54, 1.807) is 13.1 Å². The second-order valence-electron chi connectivity index (χ2n) is 1.72. The summed E-state index contributed by atoms with van der Waals surface area (Å²) in [5, 5.41) is 3.69. The third-order valence-corrected chi connectivity index (χ3v) is 1.04. The first-order valence-electron chi connectivity index (χ1n) is 2.72. The van der Waals surface area contributed by atoms with Gasteiger partial charge in [0, 0.05) is 0 Å². The molecule has 0 aromatic rings. The van der Waals surface area contributed by atoms with Crippen LogP contribution in [0.1, 0.15) is 13.8 Å². The van der Waals surface area contributed by atoms with E-state index in [9.17, 15) is 0 Å². The van der Waals surface area contributed by atoms with Gasteiger partial charge in [-0.25, -0.2) is 0 Å². The number of hydrogen-bond donors (Lipinski definition) is 0. The maximum Gasteiger partial charge on any atom is 0.0772 e. The molecule has 0 saturated heterocycles. The summed E-state index contributed by atoms with van der Waals surface area (Å²) in [6, 6.07) is 0. The van der Waals surface area contributed by atoms with Crippen LogP contribution >= 0.6 is 0 Å². The quantitative estimate of drug-likeness (QED) is 0.423. The van der Waals surface area contributed by atoms with Gasteiger partial charge < -0.3 is 0 Å². The zero-order valence-corrected chi connectivity index (χ0v) is 5.47. The third-order valence-electron chi connectivity index (χ3n) is 1.04. The molecule has 0 bridgehead atoms. The van der Waals surface area contributed by atoms with Crippen LogP contribution in [0.25, 0.3) is 0 Å². The van der Waals surface area contributed by atoms with Crippen LogP contribution < -0.4 is 5.43 Å². The second-order valence-corrected chi connectivity index (χ2v) is 1.72. The van der Waals surface area contributed by atoms with E-state index in [0.717, 1.165) is 11.3 Å². The lowest BCUT2D eigenvalue weighted by Gasteiger charge is -1.84. The summed E-state index contributed by atoms with van der Waals surface area (Å²) in [6.07, 6.45) is 1.67. The molecular formula is C7H7N2. The molecule has 0 unspecified atom stereocenters. The summed E-state index contributed by atoms with van der Waals surface area (Å²) in [4.78, 5) is 0. The molecule has 1 rings (SSSR count). The van der Waals surface area contributed by atoms with Gasteiger partial charge in [-0.1, -0.05) is 5.92 Å². The van der Waals surface area contributed by atoms with Gasteiger partial charge in [0.1, 0.15) is 0 Å². The standard InChI is InChI=1S/C7H7N2/c1-3-4-7-5-8-9-6(7)2/h5H,1-2H3. The minimum absolute atomic E-state index is 0.907. The van der Waals surface area contributed by atoms with E-state index in [1.165, 1.54) is 0 Å². The Bertz CT molecular complexity index is 225. The van der Waals surface area contributed by atoms with E-state index in [-0.39, 0.29) is 0 Å². The van der Waals surface area contributed by atoms with Gasteiger partial charge >= 0.3 is 0 Å². The van der Waals surface area contributed by atoms with Crippen LogP contribution in [-0.2, 0) is 0 Å². The van der Waals surface area contributed by atoms with Crippen molar-refractivity contribution in [2.45, 2.75) is 13.8 Å². The molecule has 1 aliphatic rings. The average molecular weight is 119 g/mol. The van der Waals surface area contributed by atoms with E-state index in [4.69, 9.17) is 0 Å². The maximum atomic E-state index is 3.78. The topological polar surface area (TPSA) is 26.5 Å². The molecule has 0 saturated carbocycles. The fraction of sp³-hybridized carbons (Fsp3) is 0.286. The molecule has 9 heavy (non-hydrogen) atoms. The minimum atomic E-state index is 0.907. The molecule has 1 aliphatic heterocycles. The van der Waals surface area contributed by atoms with Crippen molar-refractivity contribution < 1.29 is 0 Å². The Labute approximate surface area is 54.6 Å². The highest BCUT2D eigenvalue weighted by Gasteiger charge is 2.02. The van der Waals surface area contributed by atoms with E-state index >= 15 is 0 Å². The van der Waals surface area contributed by atoms with Gasteiger partial charge in [0.2, 0.25) is 0 Å². The first-order chi connectivity index (χ1) is 4.34. The molecule has 0 N–H and O–H groups in total. The molecule has 45 valence electrons. The number of nitrogens with zero attached hydrogens (tertiary/aromatic N) is 2. The molecule has 2 nitrogen and oxygen atoms in total. The summed E-state index contributed by atoms with van der Waals surface area (Å²) in [6.45, 7) is 3.69. The van der Waals surface area contributed by atoms with Crippen LogP contribution in [0.5, 0.6) is 0 Å². The molecule has 0 aromatic heterocycles. The zero-order chi connectivity index (χ0) is 6.69. The van der Waals surface area contributed by atoms with Crippen molar-refractivity contribution in [1.82, 2.24) is 5.43 Å². The minimum Gasteiger partial charge on any atom is -0.157 e. The van der Waals surface area contributed by atoms with Gasteiger partial charge in [-0.3, -0.25) is 0 Å². The lowest BCUT2D eigenvalue weighted by atomic mass is 10.2. The first-order valence-corrected chi connectivity index (χ1v) is 2.72. The number of allylic oxidation sites excluding steroid dienone is 2.